The first kappa shape index (κ1) is 14.2. The zero-order valence-electron chi connectivity index (χ0n) is 11.6. The van der Waals surface area contributed by atoms with E-state index in [2.05, 4.69) is 29.5 Å². The first-order valence-electron chi connectivity index (χ1n) is 6.59. The number of rotatable bonds is 6. The minimum Gasteiger partial charge on any atom is -0.378 e. The van der Waals surface area contributed by atoms with E-state index in [4.69, 9.17) is 0 Å². The van der Waals surface area contributed by atoms with Crippen LogP contribution in [-0.2, 0) is 0 Å². The molecular formula is C14H18N4O2. The lowest BCUT2D eigenvalue weighted by atomic mass is 10.1. The Labute approximate surface area is 117 Å². The van der Waals surface area contributed by atoms with E-state index >= 15 is 0 Å². The fraction of sp³-hybridized carbons (Fsp3) is 0.357. The molecule has 2 aromatic rings. The number of fused-ring (bicyclic) bond motifs is 1. The van der Waals surface area contributed by atoms with Gasteiger partial charge in [0.1, 0.15) is 11.9 Å². The van der Waals surface area contributed by atoms with E-state index < -0.39 is 4.92 Å². The smallest absolute Gasteiger partial charge is 0.311 e. The van der Waals surface area contributed by atoms with Crippen molar-refractivity contribution in [3.8, 4) is 0 Å². The fourth-order valence-corrected chi connectivity index (χ4v) is 2.00. The fourth-order valence-electron chi connectivity index (χ4n) is 2.00. The normalized spacial score (nSPS) is 10.9. The van der Waals surface area contributed by atoms with Crippen LogP contribution in [0.4, 0.5) is 11.4 Å². The highest BCUT2D eigenvalue weighted by molar-refractivity contribution is 5.95. The van der Waals surface area contributed by atoms with Crippen LogP contribution in [0.5, 0.6) is 0 Å². The van der Waals surface area contributed by atoms with Gasteiger partial charge in [-0.15, -0.1) is 0 Å². The minimum absolute atomic E-state index is 0.00764. The van der Waals surface area contributed by atoms with Crippen LogP contribution in [0.25, 0.3) is 10.9 Å². The summed E-state index contributed by atoms with van der Waals surface area (Å²) in [6, 6.07) is 7.79. The molecule has 0 radical (unpaired) electrons. The van der Waals surface area contributed by atoms with Gasteiger partial charge < -0.3 is 10.6 Å². The van der Waals surface area contributed by atoms with Gasteiger partial charge >= 0.3 is 5.69 Å². The molecule has 0 fully saturated rings. The van der Waals surface area contributed by atoms with Crippen LogP contribution in [0.3, 0.4) is 0 Å². The second kappa shape index (κ2) is 6.29. The molecule has 2 rings (SSSR count). The molecule has 0 saturated heterocycles. The van der Waals surface area contributed by atoms with Crippen molar-refractivity contribution in [2.45, 2.75) is 19.9 Å². The lowest BCUT2D eigenvalue weighted by Gasteiger charge is -2.12. The topological polar surface area (TPSA) is 80.1 Å². The van der Waals surface area contributed by atoms with Gasteiger partial charge in [-0.05, 0) is 6.07 Å². The Morgan fingerprint density at radius 3 is 2.75 bits per heavy atom. The lowest BCUT2D eigenvalue weighted by molar-refractivity contribution is -0.384. The Hall–Kier alpha value is -2.21. The van der Waals surface area contributed by atoms with E-state index in [9.17, 15) is 10.1 Å². The van der Waals surface area contributed by atoms with E-state index in [1.807, 2.05) is 24.3 Å². The summed E-state index contributed by atoms with van der Waals surface area (Å²) in [5.74, 6) is 0. The van der Waals surface area contributed by atoms with Gasteiger partial charge in [0, 0.05) is 24.5 Å². The zero-order chi connectivity index (χ0) is 14.5. The second-order valence-corrected chi connectivity index (χ2v) is 4.83. The van der Waals surface area contributed by atoms with Gasteiger partial charge in [-0.3, -0.25) is 10.1 Å². The Morgan fingerprint density at radius 1 is 1.30 bits per heavy atom. The highest BCUT2D eigenvalue weighted by Crippen LogP contribution is 2.30. The van der Waals surface area contributed by atoms with Gasteiger partial charge in [0.25, 0.3) is 0 Å². The second-order valence-electron chi connectivity index (χ2n) is 4.83. The molecule has 1 aromatic heterocycles. The molecular weight excluding hydrogens is 256 g/mol. The van der Waals surface area contributed by atoms with E-state index in [1.165, 1.54) is 6.20 Å². The molecule has 2 N–H and O–H groups in total. The van der Waals surface area contributed by atoms with Crippen molar-refractivity contribution < 1.29 is 4.92 Å². The first-order chi connectivity index (χ1) is 9.59. The number of nitro groups is 1. The number of hydrogen-bond acceptors (Lipinski definition) is 5. The Balaban J connectivity index is 2.28. The van der Waals surface area contributed by atoms with E-state index in [-0.39, 0.29) is 5.69 Å². The number of hydrogen-bond donors (Lipinski definition) is 2. The molecule has 0 unspecified atom stereocenters. The SMILES string of the molecule is CC(C)NCCNc1c([N+](=O)[O-])cnc2ccccc12. The molecule has 0 aliphatic heterocycles. The Bertz CT molecular complexity index is 613. The van der Waals surface area contributed by atoms with Crippen LogP contribution in [0.15, 0.2) is 30.5 Å². The Morgan fingerprint density at radius 2 is 2.05 bits per heavy atom. The molecule has 6 nitrogen and oxygen atoms in total. The average molecular weight is 274 g/mol. The van der Waals surface area contributed by atoms with Crippen molar-refractivity contribution in [3.63, 3.8) is 0 Å². The van der Waals surface area contributed by atoms with Crippen molar-refractivity contribution in [2.24, 2.45) is 0 Å². The molecule has 0 aliphatic rings. The van der Waals surface area contributed by atoms with Crippen molar-refractivity contribution in [2.75, 3.05) is 18.4 Å². The van der Waals surface area contributed by atoms with Crippen LogP contribution >= 0.6 is 0 Å². The molecule has 0 saturated carbocycles. The monoisotopic (exact) mass is 274 g/mol. The summed E-state index contributed by atoms with van der Waals surface area (Å²) in [5.41, 5.74) is 1.29. The van der Waals surface area contributed by atoms with Crippen molar-refractivity contribution in [1.29, 1.82) is 0 Å². The van der Waals surface area contributed by atoms with E-state index in [1.54, 1.807) is 0 Å². The third kappa shape index (κ3) is 3.21. The van der Waals surface area contributed by atoms with Gasteiger partial charge in [0.2, 0.25) is 0 Å². The van der Waals surface area contributed by atoms with Crippen molar-refractivity contribution in [1.82, 2.24) is 10.3 Å². The highest BCUT2D eigenvalue weighted by atomic mass is 16.6. The zero-order valence-corrected chi connectivity index (χ0v) is 11.6. The summed E-state index contributed by atoms with van der Waals surface area (Å²) in [6.45, 7) is 5.48. The maximum Gasteiger partial charge on any atom is 0.311 e. The van der Waals surface area contributed by atoms with Crippen LogP contribution in [-0.4, -0.2) is 29.0 Å². The molecule has 1 heterocycles. The third-order valence-electron chi connectivity index (χ3n) is 2.93. The van der Waals surface area contributed by atoms with Gasteiger partial charge in [-0.2, -0.15) is 0 Å². The predicted molar refractivity (Wildman–Crippen MR) is 80.0 cm³/mol. The highest BCUT2D eigenvalue weighted by Gasteiger charge is 2.17. The predicted octanol–water partition coefficient (Wildman–Crippen LogP) is 2.55. The molecule has 20 heavy (non-hydrogen) atoms. The lowest BCUT2D eigenvalue weighted by Crippen LogP contribution is -2.28. The van der Waals surface area contributed by atoms with E-state index in [0.717, 1.165) is 17.4 Å². The quantitative estimate of drug-likeness (QED) is 0.480. The largest absolute Gasteiger partial charge is 0.378 e. The maximum atomic E-state index is 11.1. The standard InChI is InChI=1S/C14H18N4O2/c1-10(2)15-7-8-16-14-11-5-3-4-6-12(11)17-9-13(14)18(19)20/h3-6,9-10,15H,7-8H2,1-2H3,(H,16,17). The molecule has 0 bridgehead atoms. The summed E-state index contributed by atoms with van der Waals surface area (Å²) < 4.78 is 0. The summed E-state index contributed by atoms with van der Waals surface area (Å²) in [7, 11) is 0. The van der Waals surface area contributed by atoms with Gasteiger partial charge in [-0.1, -0.05) is 32.0 Å². The summed E-state index contributed by atoms with van der Waals surface area (Å²) in [4.78, 5) is 14.8. The van der Waals surface area contributed by atoms with Gasteiger partial charge in [0.05, 0.1) is 10.4 Å². The average Bonchev–Trinajstić information content (AvgIpc) is 2.42. The number of pyridine rings is 1. The number of para-hydroxylation sites is 1. The van der Waals surface area contributed by atoms with E-state index in [0.29, 0.717) is 18.3 Å². The van der Waals surface area contributed by atoms with Gasteiger partial charge in [-0.25, -0.2) is 4.98 Å². The molecule has 6 heteroatoms. The molecule has 0 aliphatic carbocycles. The first-order valence-corrected chi connectivity index (χ1v) is 6.59. The summed E-state index contributed by atoms with van der Waals surface area (Å²) in [5, 5.41) is 18.3. The molecule has 0 spiro atoms. The minimum atomic E-state index is -0.405. The van der Waals surface area contributed by atoms with Crippen molar-refractivity contribution >= 4 is 22.3 Å². The molecule has 0 atom stereocenters. The Kier molecular flexibility index (Phi) is 4.47. The summed E-state index contributed by atoms with van der Waals surface area (Å²) >= 11 is 0. The number of nitrogens with zero attached hydrogens (tertiary/aromatic N) is 2. The van der Waals surface area contributed by atoms with Crippen LogP contribution < -0.4 is 10.6 Å². The molecule has 0 amide bonds. The van der Waals surface area contributed by atoms with Crippen LogP contribution in [0.2, 0.25) is 0 Å². The molecule has 106 valence electrons. The van der Waals surface area contributed by atoms with Gasteiger partial charge in [0.15, 0.2) is 0 Å². The van der Waals surface area contributed by atoms with Crippen molar-refractivity contribution in [3.05, 3.63) is 40.6 Å². The number of aromatic nitrogens is 1. The number of benzene rings is 1. The van der Waals surface area contributed by atoms with Crippen LogP contribution in [0, 0.1) is 10.1 Å². The van der Waals surface area contributed by atoms with Crippen LogP contribution in [0.1, 0.15) is 13.8 Å². The number of nitrogens with one attached hydrogen (secondary N) is 2. The summed E-state index contributed by atoms with van der Waals surface area (Å²) in [6.07, 6.45) is 1.31. The maximum absolute atomic E-state index is 11.1. The molecule has 1 aromatic carbocycles. The third-order valence-corrected chi connectivity index (χ3v) is 2.93. The number of anilines is 1.